The van der Waals surface area contributed by atoms with Gasteiger partial charge >= 0.3 is 0 Å². The maximum Gasteiger partial charge on any atom is 0.222 e. The summed E-state index contributed by atoms with van der Waals surface area (Å²) >= 11 is 0. The van der Waals surface area contributed by atoms with Crippen molar-refractivity contribution in [1.29, 1.82) is 0 Å². The molecule has 7 amide bonds. The van der Waals surface area contributed by atoms with Crippen LogP contribution in [0.25, 0.3) is 0 Å². The molecule has 53 heavy (non-hydrogen) atoms. The zero-order valence-electron chi connectivity index (χ0n) is 30.0. The maximum absolute atomic E-state index is 12.4. The molecule has 0 aliphatic heterocycles. The minimum atomic E-state index is -1.12. The van der Waals surface area contributed by atoms with Crippen LogP contribution in [0.5, 0.6) is 0 Å². The predicted molar refractivity (Wildman–Crippen MR) is 182 cm³/mol. The molecule has 0 rings (SSSR count). The maximum atomic E-state index is 12.4. The van der Waals surface area contributed by atoms with Crippen molar-refractivity contribution in [3.8, 4) is 0 Å². The molecule has 0 fully saturated rings. The van der Waals surface area contributed by atoms with Crippen LogP contribution in [0.3, 0.4) is 0 Å². The fourth-order valence-electron chi connectivity index (χ4n) is 3.27. The number of carbonyl (C=O) groups excluding carboxylic acids is 8. The Morgan fingerprint density at radius 1 is 0.660 bits per heavy atom. The van der Waals surface area contributed by atoms with Crippen LogP contribution in [0.15, 0.2) is 0 Å². The van der Waals surface area contributed by atoms with Gasteiger partial charge in [-0.25, -0.2) is 0 Å². The third-order valence-electron chi connectivity index (χ3n) is 5.58. The smallest absolute Gasteiger partial charge is 0.222 e. The first-order valence-corrected chi connectivity index (χ1v) is 16.1. The molecule has 0 aromatic rings. The second kappa shape index (κ2) is 46.9. The van der Waals surface area contributed by atoms with Crippen LogP contribution in [0, 0.1) is 0 Å². The van der Waals surface area contributed by atoms with Gasteiger partial charge in [0.25, 0.3) is 0 Å². The summed E-state index contributed by atoms with van der Waals surface area (Å²) in [4.78, 5) is 85.9. The van der Waals surface area contributed by atoms with E-state index in [9.17, 15) is 38.4 Å². The Morgan fingerprint density at radius 3 is 1.47 bits per heavy atom. The van der Waals surface area contributed by atoms with Crippen LogP contribution in [0.1, 0.15) is 39.0 Å². The molecule has 0 aromatic carbocycles. The van der Waals surface area contributed by atoms with Crippen molar-refractivity contribution in [3.05, 3.63) is 0 Å². The predicted octanol–water partition coefficient (Wildman–Crippen LogP) is -4.84. The van der Waals surface area contributed by atoms with Crippen molar-refractivity contribution < 1.29 is 52.6 Å². The van der Waals surface area contributed by atoms with Crippen molar-refractivity contribution in [2.75, 3.05) is 99.0 Å². The first-order chi connectivity index (χ1) is 24.3. The normalized spacial score (nSPS) is 9.42. The van der Waals surface area contributed by atoms with E-state index < -0.39 is 5.54 Å². The molecule has 0 unspecified atom stereocenters. The summed E-state index contributed by atoms with van der Waals surface area (Å²) in [6.07, 6.45) is 7.08. The standard InChI is InChI=1S/C23H39N5O9.C4H9N2O.C3H8N2O.3Fm/c1-2-4-22(34)28-23(15-35-12-3-11-29,16-36-13-5-20(32)26-9-7-24-18-30)17-37-14-6-21(33)27-10-8-25-19-31;1-5-2-3-6-4-7;4-1-2-5-3-6;;;/h11H,2-10,12-17H2,1H3,(H,24,30)(H,25,31)(H,26,32)(H,27,33)(H,28,34);5H,2-3H2,1H3,(H,6,7);3H,1-2,4H2,(H,5,6);;;/q-2;-1;;;;. The van der Waals surface area contributed by atoms with Gasteiger partial charge in [0.15, 0.2) is 0 Å². The van der Waals surface area contributed by atoms with Crippen LogP contribution in [0.2, 0.25) is 0 Å². The fraction of sp³-hybridized carbons (Fsp3) is 0.733. The first-order valence-electron chi connectivity index (χ1n) is 16.1. The van der Waals surface area contributed by atoms with Gasteiger partial charge in [-0.3, -0.25) is 19.2 Å². The van der Waals surface area contributed by atoms with E-state index in [0.717, 1.165) is 6.54 Å². The molecule has 23 heteroatoms. The van der Waals surface area contributed by atoms with E-state index in [1.165, 1.54) is 12.8 Å². The molecule has 0 heterocycles. The largest absolute Gasteiger partial charge is 0.529 e. The summed E-state index contributed by atoms with van der Waals surface area (Å²) in [5, 5.41) is 20.4. The van der Waals surface area contributed by atoms with Gasteiger partial charge < -0.3 is 81.7 Å². The number of amides is 7. The van der Waals surface area contributed by atoms with Crippen molar-refractivity contribution in [2.24, 2.45) is 5.73 Å². The van der Waals surface area contributed by atoms with Crippen LogP contribution < -0.4 is 48.3 Å². The number of ether oxygens (including phenoxy) is 3. The average Bonchev–Trinajstić information content (AvgIpc) is 3.11. The third-order valence-corrected chi connectivity index (χ3v) is 5.58. The Bertz CT molecular complexity index is 868. The summed E-state index contributed by atoms with van der Waals surface area (Å²) in [6.45, 7) is 5.54. The van der Waals surface area contributed by atoms with Crippen LogP contribution in [-0.2, 0) is 52.6 Å². The van der Waals surface area contributed by atoms with E-state index in [2.05, 4.69) is 42.5 Å². The summed E-state index contributed by atoms with van der Waals surface area (Å²) < 4.78 is 17.0. The van der Waals surface area contributed by atoms with Gasteiger partial charge in [-0.2, -0.15) is 19.2 Å². The SMILES string of the molecule is CCCC(=O)NC(COCCC=O)(COCCC(=O)NCCN[C-]=O)COCCC(=O)NCCN[C-]=O.CNCCN[C-]=O.NCCNC=O.[Fm].[Fm].[Fm]. The zero-order valence-corrected chi connectivity index (χ0v) is 37.2. The number of carbonyl (C=O) groups is 5. The number of aldehydes is 1. The molecular formula is C30H56Fm3N9O11-3. The number of rotatable bonds is 33. The van der Waals surface area contributed by atoms with E-state index in [1.54, 1.807) is 6.41 Å². The summed E-state index contributed by atoms with van der Waals surface area (Å²) in [6, 6.07) is 0. The number of hydrogen-bond acceptors (Lipinski definition) is 13. The van der Waals surface area contributed by atoms with Gasteiger partial charge in [-0.05, 0) is 20.0 Å². The summed E-state index contributed by atoms with van der Waals surface area (Å²) in [7, 11) is 1.83. The van der Waals surface area contributed by atoms with Crippen LogP contribution in [0.4, 0.5) is 0 Å². The van der Waals surface area contributed by atoms with Crippen molar-refractivity contribution in [1.82, 2.24) is 42.5 Å². The number of hydrogen-bond donors (Lipinski definition) is 9. The van der Waals surface area contributed by atoms with E-state index >= 15 is 0 Å². The van der Waals surface area contributed by atoms with Gasteiger partial charge in [0.1, 0.15) is 11.8 Å². The van der Waals surface area contributed by atoms with Crippen molar-refractivity contribution >= 4 is 49.6 Å². The van der Waals surface area contributed by atoms with Crippen LogP contribution >= 0.6 is 0 Å². The average molecular weight is 1490 g/mol. The summed E-state index contributed by atoms with van der Waals surface area (Å²) in [5.41, 5.74) is 3.88. The molecule has 0 aromatic heterocycles. The minimum Gasteiger partial charge on any atom is -0.529 e. The summed E-state index contributed by atoms with van der Waals surface area (Å²) in [5.74, 6) is -0.804. The van der Waals surface area contributed by atoms with E-state index in [4.69, 9.17) is 19.9 Å². The molecule has 326 valence electrons. The number of nitrogens with two attached hydrogens (primary N) is 1. The van der Waals surface area contributed by atoms with Gasteiger partial charge in [-0.15, -0.1) is 0 Å². The Labute approximate surface area is 294 Å². The number of likely N-dealkylation sites (N-methyl/N-ethyl adjacent to an activating group) is 1. The first kappa shape index (κ1) is 58.0. The number of nitrogens with one attached hydrogen (secondary N) is 8. The molecule has 0 spiro atoms. The van der Waals surface area contributed by atoms with E-state index in [0.29, 0.717) is 38.8 Å². The quantitative estimate of drug-likeness (QED) is 0.0129. The minimum absolute atomic E-state index is 0. The van der Waals surface area contributed by atoms with Gasteiger partial charge in [0.05, 0.1) is 39.6 Å². The van der Waals surface area contributed by atoms with Gasteiger partial charge in [-0.1, -0.05) is 6.92 Å². The zero-order chi connectivity index (χ0) is 38.0. The Balaban J connectivity index is -0.000000292. The Hall–Kier alpha value is -7.24. The third kappa shape index (κ3) is 44.8. The molecule has 0 aliphatic carbocycles. The molecule has 20 nitrogen and oxygen atoms in total. The molecule has 0 atom stereocenters. The Kier molecular flexibility index (Phi) is 51.3. The fourth-order valence-corrected chi connectivity index (χ4v) is 3.27. The van der Waals surface area contributed by atoms with Gasteiger partial charge in [0.2, 0.25) is 24.1 Å². The molecule has 0 saturated carbocycles. The van der Waals surface area contributed by atoms with Gasteiger partial charge in [0, 0.05) is 71.5 Å². The monoisotopic (exact) mass is 1490 g/mol. The second-order valence-electron chi connectivity index (χ2n) is 9.94. The van der Waals surface area contributed by atoms with E-state index in [-0.39, 0.29) is 109 Å². The molecule has 0 saturated heterocycles. The van der Waals surface area contributed by atoms with E-state index in [1.807, 2.05) is 14.0 Å². The second-order valence-corrected chi connectivity index (χ2v) is 9.94. The topological polar surface area (TPSA) is 287 Å². The molecule has 0 bridgehead atoms. The Morgan fingerprint density at radius 2 is 1.11 bits per heavy atom. The molecular weight excluding hydrogens is 1430 g/mol. The van der Waals surface area contributed by atoms with Crippen LogP contribution in [-0.4, -0.2) is 154 Å². The van der Waals surface area contributed by atoms with Crippen molar-refractivity contribution in [3.63, 3.8) is 0 Å². The van der Waals surface area contributed by atoms with Crippen molar-refractivity contribution in [2.45, 2.75) is 44.6 Å². The molecule has 0 aliphatic rings. The molecule has 0 radical (unpaired) electrons. The molecule has 10 N–H and O–H groups in total.